The van der Waals surface area contributed by atoms with E-state index in [1.165, 1.54) is 11.1 Å². The van der Waals surface area contributed by atoms with Crippen LogP contribution >= 0.6 is 0 Å². The van der Waals surface area contributed by atoms with E-state index < -0.39 is 0 Å². The number of aryl methyl sites for hydroxylation is 1. The SMILES string of the molecule is COC1=CC=C2C(C)N(C)CCC23c2c(C)ccc(O)c2OC13. The second kappa shape index (κ2) is 4.78. The first kappa shape index (κ1) is 14.6. The Balaban J connectivity index is 2.01. The fourth-order valence-corrected chi connectivity index (χ4v) is 4.57. The van der Waals surface area contributed by atoms with Crippen molar-refractivity contribution in [1.29, 1.82) is 0 Å². The number of phenolic OH excluding ortho intramolecular Hbond substituents is 1. The van der Waals surface area contributed by atoms with Crippen LogP contribution < -0.4 is 4.74 Å². The van der Waals surface area contributed by atoms with Gasteiger partial charge in [0.25, 0.3) is 0 Å². The number of nitrogens with zero attached hydrogens (tertiary/aromatic N) is 1. The van der Waals surface area contributed by atoms with Gasteiger partial charge in [0.05, 0.1) is 12.5 Å². The van der Waals surface area contributed by atoms with Gasteiger partial charge in [-0.15, -0.1) is 0 Å². The third kappa shape index (κ3) is 1.70. The molecule has 4 heteroatoms. The van der Waals surface area contributed by atoms with E-state index in [-0.39, 0.29) is 17.3 Å². The molecule has 1 spiro atoms. The largest absolute Gasteiger partial charge is 0.504 e. The molecule has 0 bridgehead atoms. The van der Waals surface area contributed by atoms with E-state index in [2.05, 4.69) is 31.9 Å². The van der Waals surface area contributed by atoms with Gasteiger partial charge >= 0.3 is 0 Å². The second-order valence-corrected chi connectivity index (χ2v) is 6.88. The van der Waals surface area contributed by atoms with Crippen LogP contribution in [-0.2, 0) is 10.2 Å². The summed E-state index contributed by atoms with van der Waals surface area (Å²) < 4.78 is 11.9. The van der Waals surface area contributed by atoms with E-state index in [1.807, 2.05) is 12.1 Å². The molecule has 3 atom stereocenters. The van der Waals surface area contributed by atoms with E-state index in [9.17, 15) is 5.11 Å². The van der Waals surface area contributed by atoms with E-state index in [0.29, 0.717) is 11.8 Å². The smallest absolute Gasteiger partial charge is 0.169 e. The summed E-state index contributed by atoms with van der Waals surface area (Å²) in [6.45, 7) is 5.33. The first-order chi connectivity index (χ1) is 11.0. The van der Waals surface area contributed by atoms with Gasteiger partial charge in [-0.25, -0.2) is 0 Å². The first-order valence-corrected chi connectivity index (χ1v) is 8.17. The summed E-state index contributed by atoms with van der Waals surface area (Å²) in [4.78, 5) is 2.37. The highest BCUT2D eigenvalue weighted by atomic mass is 16.5. The average Bonchev–Trinajstić information content (AvgIpc) is 2.90. The van der Waals surface area contributed by atoms with E-state index in [1.54, 1.807) is 13.2 Å². The Kier molecular flexibility index (Phi) is 3.04. The van der Waals surface area contributed by atoms with Crippen LogP contribution in [0, 0.1) is 6.92 Å². The highest BCUT2D eigenvalue weighted by molar-refractivity contribution is 5.64. The van der Waals surface area contributed by atoms with Crippen molar-refractivity contribution in [3.8, 4) is 11.5 Å². The summed E-state index contributed by atoms with van der Waals surface area (Å²) in [6.07, 6.45) is 4.98. The molecule has 3 unspecified atom stereocenters. The number of hydrogen-bond donors (Lipinski definition) is 1. The number of piperidine rings is 1. The maximum absolute atomic E-state index is 10.4. The lowest BCUT2D eigenvalue weighted by Crippen LogP contribution is -2.54. The summed E-state index contributed by atoms with van der Waals surface area (Å²) in [6, 6.07) is 4.04. The lowest BCUT2D eigenvalue weighted by atomic mass is 9.61. The van der Waals surface area contributed by atoms with E-state index in [4.69, 9.17) is 9.47 Å². The summed E-state index contributed by atoms with van der Waals surface area (Å²) in [5, 5.41) is 10.4. The zero-order valence-electron chi connectivity index (χ0n) is 14.1. The van der Waals surface area contributed by atoms with Crippen LogP contribution in [0.4, 0.5) is 0 Å². The van der Waals surface area contributed by atoms with Crippen molar-refractivity contribution < 1.29 is 14.6 Å². The Labute approximate surface area is 137 Å². The van der Waals surface area contributed by atoms with Crippen LogP contribution in [0.1, 0.15) is 24.5 Å². The number of methoxy groups -OCH3 is 1. The first-order valence-electron chi connectivity index (χ1n) is 8.17. The van der Waals surface area contributed by atoms with Gasteiger partial charge in [0.15, 0.2) is 17.6 Å². The maximum Gasteiger partial charge on any atom is 0.169 e. The number of benzene rings is 1. The third-order valence-electron chi connectivity index (χ3n) is 5.88. The Morgan fingerprint density at radius 1 is 1.35 bits per heavy atom. The molecule has 1 aromatic carbocycles. The number of fused-ring (bicyclic) bond motifs is 1. The van der Waals surface area contributed by atoms with Gasteiger partial charge in [-0.05, 0) is 57.1 Å². The topological polar surface area (TPSA) is 41.9 Å². The van der Waals surface area contributed by atoms with Crippen molar-refractivity contribution >= 4 is 0 Å². The normalized spacial score (nSPS) is 32.2. The Morgan fingerprint density at radius 2 is 2.13 bits per heavy atom. The highest BCUT2D eigenvalue weighted by Crippen LogP contribution is 2.59. The number of allylic oxidation sites excluding steroid dienone is 2. The molecule has 0 aromatic heterocycles. The molecule has 1 N–H and O–H groups in total. The Bertz CT molecular complexity index is 736. The fraction of sp³-hybridized carbons (Fsp3) is 0.474. The molecule has 2 heterocycles. The number of ether oxygens (including phenoxy) is 2. The van der Waals surface area contributed by atoms with Gasteiger partial charge in [0.1, 0.15) is 5.76 Å². The monoisotopic (exact) mass is 313 g/mol. The van der Waals surface area contributed by atoms with Gasteiger partial charge in [-0.2, -0.15) is 0 Å². The number of aromatic hydroxyl groups is 1. The molecule has 23 heavy (non-hydrogen) atoms. The molecular weight excluding hydrogens is 290 g/mol. The van der Waals surface area contributed by atoms with Crippen LogP contribution in [0.5, 0.6) is 11.5 Å². The van der Waals surface area contributed by atoms with Crippen LogP contribution in [0.2, 0.25) is 0 Å². The molecule has 122 valence electrons. The molecule has 1 fully saturated rings. The average molecular weight is 313 g/mol. The molecule has 0 saturated carbocycles. The van der Waals surface area contributed by atoms with Gasteiger partial charge in [0.2, 0.25) is 0 Å². The molecule has 0 radical (unpaired) electrons. The van der Waals surface area contributed by atoms with Crippen molar-refractivity contribution in [3.63, 3.8) is 0 Å². The van der Waals surface area contributed by atoms with Crippen molar-refractivity contribution in [2.24, 2.45) is 0 Å². The molecule has 1 saturated heterocycles. The van der Waals surface area contributed by atoms with Gasteiger partial charge in [0, 0.05) is 11.6 Å². The third-order valence-corrected chi connectivity index (χ3v) is 5.88. The molecule has 3 aliphatic rings. The number of rotatable bonds is 1. The number of likely N-dealkylation sites (N-methyl/N-ethyl adjacent to an activating group) is 1. The molecule has 0 amide bonds. The van der Waals surface area contributed by atoms with Gasteiger partial charge in [-0.1, -0.05) is 12.1 Å². The van der Waals surface area contributed by atoms with Gasteiger partial charge < -0.3 is 14.6 Å². The lowest BCUT2D eigenvalue weighted by Gasteiger charge is -2.48. The number of likely N-dealkylation sites (tertiary alicyclic amines) is 1. The fourth-order valence-electron chi connectivity index (χ4n) is 4.57. The van der Waals surface area contributed by atoms with Gasteiger partial charge in [-0.3, -0.25) is 4.90 Å². The predicted octanol–water partition coefficient (Wildman–Crippen LogP) is 2.89. The minimum Gasteiger partial charge on any atom is -0.504 e. The lowest BCUT2D eigenvalue weighted by molar-refractivity contribution is 0.0807. The quantitative estimate of drug-likeness (QED) is 0.865. The second-order valence-electron chi connectivity index (χ2n) is 6.88. The van der Waals surface area contributed by atoms with E-state index in [0.717, 1.165) is 24.3 Å². The van der Waals surface area contributed by atoms with Crippen LogP contribution in [-0.4, -0.2) is 42.9 Å². The van der Waals surface area contributed by atoms with Crippen molar-refractivity contribution in [2.45, 2.75) is 37.8 Å². The van der Waals surface area contributed by atoms with Crippen molar-refractivity contribution in [1.82, 2.24) is 4.90 Å². The Morgan fingerprint density at radius 3 is 2.87 bits per heavy atom. The zero-order chi connectivity index (χ0) is 16.4. The minimum absolute atomic E-state index is 0.189. The number of phenols is 1. The minimum atomic E-state index is -0.232. The Hall–Kier alpha value is -1.94. The number of hydrogen-bond acceptors (Lipinski definition) is 4. The summed E-state index contributed by atoms with van der Waals surface area (Å²) in [5.41, 5.74) is 3.42. The van der Waals surface area contributed by atoms with Crippen LogP contribution in [0.15, 0.2) is 35.6 Å². The highest BCUT2D eigenvalue weighted by Gasteiger charge is 2.58. The molecule has 2 aliphatic heterocycles. The summed E-state index contributed by atoms with van der Waals surface area (Å²) in [7, 11) is 3.85. The summed E-state index contributed by atoms with van der Waals surface area (Å²) in [5.74, 6) is 1.68. The molecule has 1 aliphatic carbocycles. The van der Waals surface area contributed by atoms with Crippen molar-refractivity contribution in [2.75, 3.05) is 20.7 Å². The molecule has 4 rings (SSSR count). The molecular formula is C19H23NO3. The van der Waals surface area contributed by atoms with Crippen LogP contribution in [0.25, 0.3) is 0 Å². The standard InChI is InChI=1S/C19H23NO3/c1-11-5-7-14(21)17-16(11)19-9-10-20(3)12(2)13(19)6-8-15(22-4)18(19)23-17/h5-8,12,18,21H,9-10H2,1-4H3. The molecule has 1 aromatic rings. The van der Waals surface area contributed by atoms with E-state index >= 15 is 0 Å². The predicted molar refractivity (Wildman–Crippen MR) is 88.8 cm³/mol. The maximum atomic E-state index is 10.4. The van der Waals surface area contributed by atoms with Crippen LogP contribution in [0.3, 0.4) is 0 Å². The van der Waals surface area contributed by atoms with Crippen molar-refractivity contribution in [3.05, 3.63) is 46.7 Å². The summed E-state index contributed by atoms with van der Waals surface area (Å²) >= 11 is 0. The molecule has 4 nitrogen and oxygen atoms in total. The zero-order valence-corrected chi connectivity index (χ0v) is 14.1.